The van der Waals surface area contributed by atoms with Gasteiger partial charge in [-0.25, -0.2) is 8.42 Å². The van der Waals surface area contributed by atoms with Crippen molar-refractivity contribution in [2.24, 2.45) is 0 Å². The summed E-state index contributed by atoms with van der Waals surface area (Å²) in [6, 6.07) is 0. The van der Waals surface area contributed by atoms with Crippen LogP contribution in [0, 0.1) is 0 Å². The lowest BCUT2D eigenvalue weighted by atomic mass is 10.3. The van der Waals surface area contributed by atoms with Gasteiger partial charge in [0.25, 0.3) is 0 Å². The lowest BCUT2D eigenvalue weighted by molar-refractivity contribution is 0.0151. The third-order valence-corrected chi connectivity index (χ3v) is 5.13. The first-order valence-electron chi connectivity index (χ1n) is 3.70. The first kappa shape index (κ1) is 9.00. The Balaban J connectivity index is 3.13. The van der Waals surface area contributed by atoms with Crippen molar-refractivity contribution in [1.82, 2.24) is 0 Å². The lowest BCUT2D eigenvalue weighted by Crippen LogP contribution is -2.30. The van der Waals surface area contributed by atoms with Gasteiger partial charge in [0.2, 0.25) is 0 Å². The van der Waals surface area contributed by atoms with Gasteiger partial charge in [-0.2, -0.15) is 0 Å². The van der Waals surface area contributed by atoms with E-state index in [2.05, 4.69) is 0 Å². The standard InChI is InChI=1S/C7H14O3S/c1-5-6(2)11(8,9)7(3,4)10-5/h5-6H,1-4H3. The molecule has 1 rings (SSSR count). The molecule has 0 amide bonds. The molecule has 0 aliphatic carbocycles. The highest BCUT2D eigenvalue weighted by Gasteiger charge is 2.50. The molecule has 3 nitrogen and oxygen atoms in total. The zero-order chi connectivity index (χ0) is 8.86. The zero-order valence-electron chi connectivity index (χ0n) is 7.29. The second-order valence-electron chi connectivity index (χ2n) is 3.47. The van der Waals surface area contributed by atoms with E-state index in [0.717, 1.165) is 0 Å². The first-order valence-corrected chi connectivity index (χ1v) is 5.25. The molecule has 0 aromatic heterocycles. The molecule has 1 aliphatic rings. The Morgan fingerprint density at radius 2 is 1.73 bits per heavy atom. The Morgan fingerprint density at radius 1 is 1.27 bits per heavy atom. The summed E-state index contributed by atoms with van der Waals surface area (Å²) in [7, 11) is -3.07. The monoisotopic (exact) mass is 178 g/mol. The molecule has 1 aliphatic heterocycles. The van der Waals surface area contributed by atoms with Crippen molar-refractivity contribution in [3.8, 4) is 0 Å². The number of sulfone groups is 1. The summed E-state index contributed by atoms with van der Waals surface area (Å²) in [6.07, 6.45) is -0.185. The molecule has 1 heterocycles. The fourth-order valence-corrected chi connectivity index (χ4v) is 3.05. The van der Waals surface area contributed by atoms with Gasteiger partial charge in [-0.1, -0.05) is 0 Å². The Labute approximate surface area is 67.7 Å². The van der Waals surface area contributed by atoms with E-state index in [0.29, 0.717) is 0 Å². The molecule has 0 bridgehead atoms. The second-order valence-corrected chi connectivity index (χ2v) is 6.29. The topological polar surface area (TPSA) is 43.4 Å². The SMILES string of the molecule is CC1OC(C)(C)S(=O)(=O)C1C. The molecule has 2 atom stereocenters. The molecule has 0 aromatic carbocycles. The average Bonchev–Trinajstić information content (AvgIpc) is 1.93. The third-order valence-electron chi connectivity index (χ3n) is 2.31. The van der Waals surface area contributed by atoms with Crippen molar-refractivity contribution in [1.29, 1.82) is 0 Å². The van der Waals surface area contributed by atoms with E-state index in [-0.39, 0.29) is 11.4 Å². The summed E-state index contributed by atoms with van der Waals surface area (Å²) in [6.45, 7) is 6.68. The maximum absolute atomic E-state index is 11.5. The van der Waals surface area contributed by atoms with Gasteiger partial charge in [-0.3, -0.25) is 0 Å². The van der Waals surface area contributed by atoms with Crippen LogP contribution in [-0.2, 0) is 14.6 Å². The lowest BCUT2D eigenvalue weighted by Gasteiger charge is -2.15. The van der Waals surface area contributed by atoms with Crippen LogP contribution in [0.4, 0.5) is 0 Å². The summed E-state index contributed by atoms with van der Waals surface area (Å²) < 4.78 is 28.3. The summed E-state index contributed by atoms with van der Waals surface area (Å²) in [5.41, 5.74) is 0. The van der Waals surface area contributed by atoms with Crippen LogP contribution in [-0.4, -0.2) is 24.7 Å². The van der Waals surface area contributed by atoms with Crippen LogP contribution in [0.25, 0.3) is 0 Å². The molecule has 0 N–H and O–H groups in total. The zero-order valence-corrected chi connectivity index (χ0v) is 8.10. The van der Waals surface area contributed by atoms with E-state index in [9.17, 15) is 8.42 Å². The van der Waals surface area contributed by atoms with Crippen LogP contribution in [0.5, 0.6) is 0 Å². The maximum atomic E-state index is 11.5. The van der Waals surface area contributed by atoms with Gasteiger partial charge in [-0.15, -0.1) is 0 Å². The molecule has 0 aromatic rings. The fraction of sp³-hybridized carbons (Fsp3) is 1.00. The Kier molecular flexibility index (Phi) is 1.80. The van der Waals surface area contributed by atoms with Crippen LogP contribution < -0.4 is 0 Å². The van der Waals surface area contributed by atoms with Crippen molar-refractivity contribution in [2.75, 3.05) is 0 Å². The summed E-state index contributed by atoms with van der Waals surface area (Å²) in [5.74, 6) is 0. The van der Waals surface area contributed by atoms with Crippen molar-refractivity contribution in [3.05, 3.63) is 0 Å². The number of hydrogen-bond acceptors (Lipinski definition) is 3. The summed E-state index contributed by atoms with van der Waals surface area (Å²) in [5, 5.41) is -0.377. The molecule has 2 unspecified atom stereocenters. The molecule has 66 valence electrons. The molecule has 1 fully saturated rings. The molecule has 4 heteroatoms. The van der Waals surface area contributed by atoms with Gasteiger partial charge in [0.15, 0.2) is 14.8 Å². The van der Waals surface area contributed by atoms with Crippen LogP contribution in [0.1, 0.15) is 27.7 Å². The smallest absolute Gasteiger partial charge is 0.184 e. The van der Waals surface area contributed by atoms with Crippen LogP contribution in [0.15, 0.2) is 0 Å². The fourth-order valence-electron chi connectivity index (χ4n) is 1.31. The minimum absolute atomic E-state index is 0.185. The van der Waals surface area contributed by atoms with Crippen LogP contribution in [0.3, 0.4) is 0 Å². The maximum Gasteiger partial charge on any atom is 0.184 e. The second kappa shape index (κ2) is 2.20. The van der Waals surface area contributed by atoms with Gasteiger partial charge in [0.05, 0.1) is 11.4 Å². The first-order chi connectivity index (χ1) is 4.79. The van der Waals surface area contributed by atoms with E-state index in [4.69, 9.17) is 4.74 Å². The van der Waals surface area contributed by atoms with Crippen molar-refractivity contribution in [3.63, 3.8) is 0 Å². The van der Waals surface area contributed by atoms with Gasteiger partial charge >= 0.3 is 0 Å². The number of rotatable bonds is 0. The van der Waals surface area contributed by atoms with E-state index in [1.807, 2.05) is 0 Å². The quantitative estimate of drug-likeness (QED) is 0.554. The molecule has 0 spiro atoms. The van der Waals surface area contributed by atoms with E-state index in [1.54, 1.807) is 27.7 Å². The summed E-state index contributed by atoms with van der Waals surface area (Å²) >= 11 is 0. The highest BCUT2D eigenvalue weighted by Crippen LogP contribution is 2.34. The van der Waals surface area contributed by atoms with E-state index >= 15 is 0 Å². The van der Waals surface area contributed by atoms with Crippen molar-refractivity contribution >= 4 is 9.84 Å². The normalized spacial score (nSPS) is 40.7. The van der Waals surface area contributed by atoms with Crippen molar-refractivity contribution < 1.29 is 13.2 Å². The molecule has 1 saturated heterocycles. The Hall–Kier alpha value is -0.0900. The Morgan fingerprint density at radius 3 is 1.82 bits per heavy atom. The van der Waals surface area contributed by atoms with Crippen LogP contribution in [0.2, 0.25) is 0 Å². The van der Waals surface area contributed by atoms with Gasteiger partial charge in [0, 0.05) is 0 Å². The van der Waals surface area contributed by atoms with Gasteiger partial charge < -0.3 is 4.74 Å². The predicted molar refractivity (Wildman–Crippen MR) is 43.0 cm³/mol. The Bertz CT molecular complexity index is 253. The number of hydrogen-bond donors (Lipinski definition) is 0. The predicted octanol–water partition coefficient (Wildman–Crippen LogP) is 0.945. The highest BCUT2D eigenvalue weighted by molar-refractivity contribution is 7.93. The summed E-state index contributed by atoms with van der Waals surface area (Å²) in [4.78, 5) is -0.994. The average molecular weight is 178 g/mol. The number of ether oxygens (including phenoxy) is 1. The van der Waals surface area contributed by atoms with E-state index < -0.39 is 14.8 Å². The molecular weight excluding hydrogens is 164 g/mol. The highest BCUT2D eigenvalue weighted by atomic mass is 32.2. The molecule has 0 radical (unpaired) electrons. The molecule has 0 saturated carbocycles. The van der Waals surface area contributed by atoms with Gasteiger partial charge in [-0.05, 0) is 27.7 Å². The largest absolute Gasteiger partial charge is 0.355 e. The van der Waals surface area contributed by atoms with Gasteiger partial charge in [0.1, 0.15) is 0 Å². The minimum Gasteiger partial charge on any atom is -0.355 e. The molecule has 11 heavy (non-hydrogen) atoms. The van der Waals surface area contributed by atoms with Crippen LogP contribution >= 0.6 is 0 Å². The van der Waals surface area contributed by atoms with E-state index in [1.165, 1.54) is 0 Å². The minimum atomic E-state index is -3.07. The van der Waals surface area contributed by atoms with Crippen molar-refractivity contribution in [2.45, 2.75) is 44.0 Å². The molecular formula is C7H14O3S. The third kappa shape index (κ3) is 1.08.